The number of Topliss-reactive ketones (excluding diaryl/α,β-unsaturated/α-hetero) is 4. The van der Waals surface area contributed by atoms with E-state index >= 15 is 0 Å². The molecule has 224 valence electrons. The van der Waals surface area contributed by atoms with Gasteiger partial charge in [-0.1, -0.05) is 0 Å². The highest BCUT2D eigenvalue weighted by molar-refractivity contribution is 7.91. The Labute approximate surface area is 244 Å². The van der Waals surface area contributed by atoms with E-state index in [4.69, 9.17) is 0 Å². The quantitative estimate of drug-likeness (QED) is 0.295. The Morgan fingerprint density at radius 3 is 1.28 bits per heavy atom. The van der Waals surface area contributed by atoms with Crippen LogP contribution in [0.3, 0.4) is 0 Å². The Bertz CT molecular complexity index is 1640. The fourth-order valence-corrected chi connectivity index (χ4v) is 6.07. The summed E-state index contributed by atoms with van der Waals surface area (Å²) >= 11 is 0. The monoisotopic (exact) mass is 612 g/mol. The topological polar surface area (TPSA) is 213 Å². The molecule has 0 spiro atoms. The van der Waals surface area contributed by atoms with Crippen molar-refractivity contribution in [3.05, 3.63) is 58.7 Å². The highest BCUT2D eigenvalue weighted by atomic mass is 32.2. The second-order valence-electron chi connectivity index (χ2n) is 9.75. The first-order valence-corrected chi connectivity index (χ1v) is 14.1. The highest BCUT2D eigenvalue weighted by Crippen LogP contribution is 2.34. The number of ether oxygens (including phenoxy) is 2. The minimum Gasteiger partial charge on any atom is -0.467 e. The van der Waals surface area contributed by atoms with Crippen molar-refractivity contribution in [1.29, 1.82) is 0 Å². The molecule has 0 saturated carbocycles. The van der Waals surface area contributed by atoms with Crippen molar-refractivity contribution >= 4 is 56.7 Å². The summed E-state index contributed by atoms with van der Waals surface area (Å²) in [5, 5.41) is 4.43. The Morgan fingerprint density at radius 2 is 0.953 bits per heavy atom. The average Bonchev–Trinajstić information content (AvgIpc) is 3.39. The molecule has 2 aromatic rings. The minimum absolute atomic E-state index is 0.195. The summed E-state index contributed by atoms with van der Waals surface area (Å²) in [5.41, 5.74) is -1.05. The van der Waals surface area contributed by atoms with Crippen molar-refractivity contribution in [3.63, 3.8) is 0 Å². The van der Waals surface area contributed by atoms with Gasteiger partial charge < -0.3 is 20.1 Å². The van der Waals surface area contributed by atoms with Crippen molar-refractivity contribution < 1.29 is 56.2 Å². The van der Waals surface area contributed by atoms with E-state index in [0.717, 1.165) is 50.6 Å². The number of rotatable bonds is 8. The molecule has 0 radical (unpaired) electrons. The van der Waals surface area contributed by atoms with Gasteiger partial charge in [-0.25, -0.2) is 18.0 Å². The molecule has 2 N–H and O–H groups in total. The van der Waals surface area contributed by atoms with Crippen LogP contribution >= 0.6 is 0 Å². The molecular weight excluding hydrogens is 588 g/mol. The lowest BCUT2D eigenvalue weighted by molar-refractivity contribution is -0.145. The van der Waals surface area contributed by atoms with Gasteiger partial charge in [0.15, 0.2) is 35.0 Å². The Hall–Kier alpha value is -5.05. The summed E-state index contributed by atoms with van der Waals surface area (Å²) in [6.07, 6.45) is 0. The van der Waals surface area contributed by atoms with Gasteiger partial charge >= 0.3 is 11.9 Å². The van der Waals surface area contributed by atoms with E-state index < -0.39 is 90.4 Å². The molecule has 2 unspecified atom stereocenters. The number of esters is 2. The largest absolute Gasteiger partial charge is 0.467 e. The fraction of sp³-hybridized carbons (Fsp3) is 0.286. The van der Waals surface area contributed by atoms with E-state index in [9.17, 15) is 46.8 Å². The maximum atomic E-state index is 13.5. The Balaban J connectivity index is 1.61. The third kappa shape index (κ3) is 5.22. The van der Waals surface area contributed by atoms with Gasteiger partial charge in [-0.3, -0.25) is 28.8 Å². The Morgan fingerprint density at radius 1 is 0.628 bits per heavy atom. The predicted molar refractivity (Wildman–Crippen MR) is 142 cm³/mol. The van der Waals surface area contributed by atoms with Gasteiger partial charge in [-0.05, 0) is 50.2 Å². The standard InChI is InChI=1S/C28H24N2O12S/c1-11(27(37)41-3)29-25(35)19-21(31)15-7-5-13(9-17(15)23(19)33)43(39,40)14-6-8-16-18(10-14)24(34)20(22(16)32)26(36)30-12(2)28(38)42-4/h5-12,19-20H,1-4H3,(H,29,35)(H,30,36)/t11-,12-,19?,20?/m0/s1. The molecule has 4 rings (SSSR count). The SMILES string of the molecule is COC(=O)[C@H](C)NC(=O)C1C(=O)c2ccc(S(=O)(=O)c3ccc4c(c3)C(=O)C(C(=O)N[C@@H](C)C(=O)OC)C4=O)cc2C1=O. The van der Waals surface area contributed by atoms with Crippen molar-refractivity contribution in [2.45, 2.75) is 35.7 Å². The maximum Gasteiger partial charge on any atom is 0.328 e. The first-order chi connectivity index (χ1) is 20.1. The second kappa shape index (κ2) is 11.3. The molecule has 0 fully saturated rings. The molecule has 2 amide bonds. The number of sulfone groups is 1. The first kappa shape index (κ1) is 30.9. The summed E-state index contributed by atoms with van der Waals surface area (Å²) in [7, 11) is -2.28. The molecule has 0 aliphatic heterocycles. The molecule has 0 bridgehead atoms. The normalized spacial score (nSPS) is 18.8. The predicted octanol–water partition coefficient (Wildman–Crippen LogP) is -0.135. The highest BCUT2D eigenvalue weighted by Gasteiger charge is 2.46. The van der Waals surface area contributed by atoms with Crippen LogP contribution < -0.4 is 10.6 Å². The molecule has 2 aliphatic rings. The molecule has 0 saturated heterocycles. The van der Waals surface area contributed by atoms with Gasteiger partial charge in [0.2, 0.25) is 21.7 Å². The summed E-state index contributed by atoms with van der Waals surface area (Å²) in [4.78, 5) is 99.3. The summed E-state index contributed by atoms with van der Waals surface area (Å²) in [6.45, 7) is 2.58. The van der Waals surface area contributed by atoms with Crippen LogP contribution in [0.4, 0.5) is 0 Å². The first-order valence-electron chi connectivity index (χ1n) is 12.6. The molecule has 43 heavy (non-hydrogen) atoms. The number of hydrogen-bond acceptors (Lipinski definition) is 12. The molecule has 14 nitrogen and oxygen atoms in total. The zero-order valence-corrected chi connectivity index (χ0v) is 23.9. The number of amides is 2. The van der Waals surface area contributed by atoms with Gasteiger partial charge in [0.25, 0.3) is 0 Å². The molecular formula is C28H24N2O12S. The molecule has 0 aromatic heterocycles. The van der Waals surface area contributed by atoms with Crippen molar-refractivity contribution in [3.8, 4) is 0 Å². The summed E-state index contributed by atoms with van der Waals surface area (Å²) in [5.74, 6) is -11.1. The van der Waals surface area contributed by atoms with Crippen LogP contribution in [-0.4, -0.2) is 81.6 Å². The maximum absolute atomic E-state index is 13.5. The fourth-order valence-electron chi connectivity index (χ4n) is 4.76. The smallest absolute Gasteiger partial charge is 0.328 e. The number of nitrogens with one attached hydrogen (secondary N) is 2. The van der Waals surface area contributed by atoms with Crippen LogP contribution in [0.25, 0.3) is 0 Å². The number of fused-ring (bicyclic) bond motifs is 2. The van der Waals surface area contributed by atoms with Crippen LogP contribution in [0.5, 0.6) is 0 Å². The van der Waals surface area contributed by atoms with Crippen LogP contribution in [-0.2, 0) is 38.5 Å². The van der Waals surface area contributed by atoms with Gasteiger partial charge in [0, 0.05) is 22.3 Å². The lowest BCUT2D eigenvalue weighted by Crippen LogP contribution is -2.45. The van der Waals surface area contributed by atoms with Crippen LogP contribution in [0, 0.1) is 11.8 Å². The van der Waals surface area contributed by atoms with E-state index in [1.165, 1.54) is 13.8 Å². The van der Waals surface area contributed by atoms with Crippen molar-refractivity contribution in [2.75, 3.05) is 14.2 Å². The number of methoxy groups -OCH3 is 2. The number of ketones is 4. The third-order valence-corrected chi connectivity index (χ3v) is 8.81. The molecule has 15 heteroatoms. The number of carbonyl (C=O) groups excluding carboxylic acids is 8. The number of benzene rings is 2. The lowest BCUT2D eigenvalue weighted by Gasteiger charge is -2.13. The van der Waals surface area contributed by atoms with Gasteiger partial charge in [0.05, 0.1) is 24.0 Å². The van der Waals surface area contributed by atoms with Gasteiger partial charge in [0.1, 0.15) is 12.1 Å². The van der Waals surface area contributed by atoms with E-state index in [0.29, 0.717) is 0 Å². The third-order valence-electron chi connectivity index (χ3n) is 7.06. The summed E-state index contributed by atoms with van der Waals surface area (Å²) < 4.78 is 36.0. The Kier molecular flexibility index (Phi) is 8.13. The van der Waals surface area contributed by atoms with Crippen molar-refractivity contribution in [1.82, 2.24) is 10.6 Å². The van der Waals surface area contributed by atoms with Crippen LogP contribution in [0.15, 0.2) is 46.2 Å². The lowest BCUT2D eigenvalue weighted by atomic mass is 10.0. The summed E-state index contributed by atoms with van der Waals surface area (Å²) in [6, 6.07) is 3.76. The van der Waals surface area contributed by atoms with Gasteiger partial charge in [-0.15, -0.1) is 0 Å². The molecule has 4 atom stereocenters. The minimum atomic E-state index is -4.46. The van der Waals surface area contributed by atoms with E-state index in [1.807, 2.05) is 0 Å². The van der Waals surface area contributed by atoms with Crippen LogP contribution in [0.1, 0.15) is 55.3 Å². The molecule has 2 aromatic carbocycles. The molecule has 2 aliphatic carbocycles. The second-order valence-corrected chi connectivity index (χ2v) is 11.7. The number of carbonyl (C=O) groups is 8. The van der Waals surface area contributed by atoms with E-state index in [1.54, 1.807) is 0 Å². The molecule has 0 heterocycles. The van der Waals surface area contributed by atoms with Crippen LogP contribution in [0.2, 0.25) is 0 Å². The van der Waals surface area contributed by atoms with E-state index in [2.05, 4.69) is 20.1 Å². The average molecular weight is 613 g/mol. The van der Waals surface area contributed by atoms with Crippen molar-refractivity contribution in [2.24, 2.45) is 11.8 Å². The van der Waals surface area contributed by atoms with Gasteiger partial charge in [-0.2, -0.15) is 0 Å². The zero-order valence-electron chi connectivity index (χ0n) is 23.1. The zero-order chi connectivity index (χ0) is 32.0. The number of hydrogen-bond donors (Lipinski definition) is 2. The van der Waals surface area contributed by atoms with E-state index in [-0.39, 0.29) is 22.3 Å².